The minimum absolute atomic E-state index is 0.431. The number of aliphatic hydroxyl groups is 1. The van der Waals surface area contributed by atoms with Crippen molar-refractivity contribution in [2.24, 2.45) is 17.3 Å². The molecule has 1 saturated carbocycles. The molecule has 3 atom stereocenters. The first kappa shape index (κ1) is 17.2. The summed E-state index contributed by atoms with van der Waals surface area (Å²) in [5, 5.41) is 13.7. The predicted molar refractivity (Wildman–Crippen MR) is 89.4 cm³/mol. The van der Waals surface area contributed by atoms with E-state index in [-0.39, 0.29) is 0 Å². The fraction of sp³-hybridized carbons (Fsp3) is 1.00. The van der Waals surface area contributed by atoms with Crippen LogP contribution in [0.5, 0.6) is 0 Å². The van der Waals surface area contributed by atoms with Crippen molar-refractivity contribution in [1.82, 2.24) is 10.2 Å². The van der Waals surface area contributed by atoms with Crippen LogP contribution in [0.2, 0.25) is 0 Å². The third-order valence-electron chi connectivity index (χ3n) is 6.00. The Morgan fingerprint density at radius 2 is 1.81 bits per heavy atom. The van der Waals surface area contributed by atoms with E-state index >= 15 is 0 Å². The van der Waals surface area contributed by atoms with Crippen LogP contribution in [-0.2, 0) is 0 Å². The van der Waals surface area contributed by atoms with Gasteiger partial charge >= 0.3 is 0 Å². The van der Waals surface area contributed by atoms with E-state index in [2.05, 4.69) is 38.0 Å². The lowest BCUT2D eigenvalue weighted by atomic mass is 9.67. The summed E-state index contributed by atoms with van der Waals surface area (Å²) in [6.07, 6.45) is 5.87. The van der Waals surface area contributed by atoms with Crippen molar-refractivity contribution in [2.45, 2.75) is 71.4 Å². The van der Waals surface area contributed by atoms with Crippen LogP contribution >= 0.6 is 0 Å². The van der Waals surface area contributed by atoms with Crippen LogP contribution in [0.15, 0.2) is 0 Å². The fourth-order valence-electron chi connectivity index (χ4n) is 4.18. The zero-order valence-electron chi connectivity index (χ0n) is 14.8. The average Bonchev–Trinajstić information content (AvgIpc) is 2.40. The monoisotopic (exact) mass is 296 g/mol. The summed E-state index contributed by atoms with van der Waals surface area (Å²) in [5.74, 6) is 1.61. The predicted octanol–water partition coefficient (Wildman–Crippen LogP) is 2.88. The van der Waals surface area contributed by atoms with Crippen LogP contribution in [0, 0.1) is 17.3 Å². The van der Waals surface area contributed by atoms with Crippen LogP contribution in [0.1, 0.15) is 59.8 Å². The van der Waals surface area contributed by atoms with Crippen molar-refractivity contribution in [3.8, 4) is 0 Å². The Labute approximate surface area is 131 Å². The second-order valence-corrected chi connectivity index (χ2v) is 8.83. The maximum atomic E-state index is 10.1. The largest absolute Gasteiger partial charge is 0.390 e. The number of hydrogen-bond donors (Lipinski definition) is 2. The van der Waals surface area contributed by atoms with E-state index in [1.807, 2.05) is 6.92 Å². The van der Waals surface area contributed by atoms with E-state index in [1.165, 1.54) is 25.8 Å². The normalized spacial score (nSPS) is 34.9. The zero-order valence-corrected chi connectivity index (χ0v) is 14.8. The first-order valence-electron chi connectivity index (χ1n) is 8.83. The van der Waals surface area contributed by atoms with Crippen molar-refractivity contribution in [3.05, 3.63) is 0 Å². The highest BCUT2D eigenvalue weighted by Crippen LogP contribution is 2.40. The van der Waals surface area contributed by atoms with E-state index < -0.39 is 5.60 Å². The smallest absolute Gasteiger partial charge is 0.0644 e. The molecule has 2 rings (SSSR count). The van der Waals surface area contributed by atoms with Gasteiger partial charge in [0.25, 0.3) is 0 Å². The molecular weight excluding hydrogens is 260 g/mol. The zero-order chi connectivity index (χ0) is 15.7. The molecule has 1 aliphatic carbocycles. The summed E-state index contributed by atoms with van der Waals surface area (Å²) in [7, 11) is 2.12. The molecule has 2 aliphatic rings. The maximum Gasteiger partial charge on any atom is 0.0644 e. The molecular formula is C18H36N2O. The second-order valence-electron chi connectivity index (χ2n) is 8.83. The maximum absolute atomic E-state index is 10.1. The Kier molecular flexibility index (Phi) is 5.38. The second kappa shape index (κ2) is 6.55. The molecule has 2 N–H and O–H groups in total. The van der Waals surface area contributed by atoms with Crippen molar-refractivity contribution < 1.29 is 5.11 Å². The van der Waals surface area contributed by atoms with Crippen LogP contribution in [0.25, 0.3) is 0 Å². The number of rotatable bonds is 3. The van der Waals surface area contributed by atoms with Gasteiger partial charge in [-0.1, -0.05) is 20.8 Å². The first-order valence-corrected chi connectivity index (χ1v) is 8.83. The Balaban J connectivity index is 1.92. The highest BCUT2D eigenvalue weighted by Gasteiger charge is 2.37. The number of hydrogen-bond acceptors (Lipinski definition) is 3. The molecule has 3 unspecified atom stereocenters. The number of piperidine rings is 1. The van der Waals surface area contributed by atoms with Crippen LogP contribution < -0.4 is 5.32 Å². The fourth-order valence-corrected chi connectivity index (χ4v) is 4.18. The van der Waals surface area contributed by atoms with Crippen molar-refractivity contribution in [2.75, 3.05) is 26.7 Å². The van der Waals surface area contributed by atoms with E-state index in [0.29, 0.717) is 11.5 Å². The molecule has 0 amide bonds. The summed E-state index contributed by atoms with van der Waals surface area (Å²) in [5.41, 5.74) is 0.00193. The van der Waals surface area contributed by atoms with E-state index in [9.17, 15) is 5.11 Å². The molecule has 3 nitrogen and oxygen atoms in total. The minimum Gasteiger partial charge on any atom is -0.390 e. The van der Waals surface area contributed by atoms with E-state index in [1.54, 1.807) is 0 Å². The molecule has 0 aromatic heterocycles. The van der Waals surface area contributed by atoms with Gasteiger partial charge in [0, 0.05) is 25.7 Å². The van der Waals surface area contributed by atoms with Gasteiger partial charge in [-0.05, 0) is 63.3 Å². The summed E-state index contributed by atoms with van der Waals surface area (Å²) in [4.78, 5) is 2.58. The minimum atomic E-state index is -0.431. The molecule has 124 valence electrons. The molecule has 1 saturated heterocycles. The average molecular weight is 296 g/mol. The molecule has 21 heavy (non-hydrogen) atoms. The molecule has 2 fully saturated rings. The van der Waals surface area contributed by atoms with Gasteiger partial charge in [0.15, 0.2) is 0 Å². The lowest BCUT2D eigenvalue weighted by Crippen LogP contribution is -2.49. The third kappa shape index (κ3) is 4.67. The molecule has 1 heterocycles. The molecule has 0 spiro atoms. The van der Waals surface area contributed by atoms with Gasteiger partial charge < -0.3 is 15.3 Å². The third-order valence-corrected chi connectivity index (χ3v) is 6.00. The molecule has 0 bridgehead atoms. The molecule has 0 aromatic rings. The van der Waals surface area contributed by atoms with Crippen molar-refractivity contribution in [3.63, 3.8) is 0 Å². The van der Waals surface area contributed by atoms with Gasteiger partial charge in [0.05, 0.1) is 5.60 Å². The van der Waals surface area contributed by atoms with E-state index in [0.717, 1.165) is 37.8 Å². The van der Waals surface area contributed by atoms with Gasteiger partial charge in [0.2, 0.25) is 0 Å². The Morgan fingerprint density at radius 1 is 1.19 bits per heavy atom. The highest BCUT2D eigenvalue weighted by molar-refractivity contribution is 4.91. The summed E-state index contributed by atoms with van der Waals surface area (Å²) < 4.78 is 0. The number of nitrogens with zero attached hydrogens (tertiary/aromatic N) is 1. The molecule has 1 aliphatic heterocycles. The van der Waals surface area contributed by atoms with Gasteiger partial charge in [-0.2, -0.15) is 0 Å². The number of nitrogens with one attached hydrogen (secondary N) is 1. The number of likely N-dealkylation sites (tertiary alicyclic amines) is 1. The standard InChI is InChI=1S/C18H36N2O/c1-17(2,3)15-6-7-16(19-5)14(12-15)13-20-10-8-18(4,21)9-11-20/h14-16,19,21H,6-13H2,1-5H3. The van der Waals surface area contributed by atoms with Crippen molar-refractivity contribution >= 4 is 0 Å². The summed E-state index contributed by atoms with van der Waals surface area (Å²) in [6, 6.07) is 0.672. The first-order chi connectivity index (χ1) is 9.71. The van der Waals surface area contributed by atoms with E-state index in [4.69, 9.17) is 0 Å². The molecule has 0 aromatic carbocycles. The Bertz CT molecular complexity index is 325. The van der Waals surface area contributed by atoms with Crippen LogP contribution in [0.3, 0.4) is 0 Å². The Hall–Kier alpha value is -0.120. The van der Waals surface area contributed by atoms with Crippen LogP contribution in [0.4, 0.5) is 0 Å². The molecule has 3 heteroatoms. The van der Waals surface area contributed by atoms with Gasteiger partial charge in [-0.25, -0.2) is 0 Å². The SMILES string of the molecule is CNC1CCC(C(C)(C)C)CC1CN1CCC(C)(O)CC1. The van der Waals surface area contributed by atoms with Crippen molar-refractivity contribution in [1.29, 1.82) is 0 Å². The lowest BCUT2D eigenvalue weighted by Gasteiger charge is -2.45. The molecule has 0 radical (unpaired) electrons. The summed E-state index contributed by atoms with van der Waals surface area (Å²) in [6.45, 7) is 12.5. The quantitative estimate of drug-likeness (QED) is 0.840. The topological polar surface area (TPSA) is 35.5 Å². The van der Waals surface area contributed by atoms with Gasteiger partial charge in [-0.3, -0.25) is 0 Å². The summed E-state index contributed by atoms with van der Waals surface area (Å²) >= 11 is 0. The lowest BCUT2D eigenvalue weighted by molar-refractivity contribution is -0.0145. The van der Waals surface area contributed by atoms with Gasteiger partial charge in [-0.15, -0.1) is 0 Å². The highest BCUT2D eigenvalue weighted by atomic mass is 16.3. The van der Waals surface area contributed by atoms with Gasteiger partial charge in [0.1, 0.15) is 0 Å². The van der Waals surface area contributed by atoms with Crippen LogP contribution in [-0.4, -0.2) is 48.3 Å². The Morgan fingerprint density at radius 3 is 2.33 bits per heavy atom.